The Morgan fingerprint density at radius 3 is 2.79 bits per heavy atom. The highest BCUT2D eigenvalue weighted by molar-refractivity contribution is 6.10. The Bertz CT molecular complexity index is 1610. The van der Waals surface area contributed by atoms with Crippen LogP contribution < -0.4 is 5.32 Å². The topological polar surface area (TPSA) is 102 Å². The molecule has 3 aromatic rings. The number of hydrogen-bond donors (Lipinski definition) is 2. The molecule has 2 bridgehead atoms. The van der Waals surface area contributed by atoms with E-state index in [0.717, 1.165) is 66.3 Å². The number of halogens is 1. The zero-order valence-electron chi connectivity index (χ0n) is 24.2. The molecule has 3 heterocycles. The lowest BCUT2D eigenvalue weighted by Gasteiger charge is -2.37. The van der Waals surface area contributed by atoms with Crippen LogP contribution in [0.3, 0.4) is 0 Å². The van der Waals surface area contributed by atoms with Crippen molar-refractivity contribution >= 4 is 22.9 Å². The van der Waals surface area contributed by atoms with E-state index in [1.54, 1.807) is 11.9 Å². The number of hydrogen-bond acceptors (Lipinski definition) is 6. The van der Waals surface area contributed by atoms with E-state index < -0.39 is 17.4 Å². The summed E-state index contributed by atoms with van der Waals surface area (Å²) >= 11 is 0. The number of nitrogens with one attached hydrogen (secondary N) is 2. The van der Waals surface area contributed by atoms with Gasteiger partial charge in [-0.1, -0.05) is 24.3 Å². The fourth-order valence-electron chi connectivity index (χ4n) is 8.16. The van der Waals surface area contributed by atoms with E-state index in [2.05, 4.69) is 10.3 Å². The highest BCUT2D eigenvalue weighted by Gasteiger charge is 2.63. The third kappa shape index (κ3) is 4.62. The molecular formula is C33H36FN3O6. The van der Waals surface area contributed by atoms with Crippen molar-refractivity contribution in [3.05, 3.63) is 58.9 Å². The Labute approximate surface area is 248 Å². The number of amides is 2. The minimum Gasteiger partial charge on any atom is -0.446 e. The summed E-state index contributed by atoms with van der Waals surface area (Å²) in [6.07, 6.45) is 7.17. The second kappa shape index (κ2) is 10.0. The quantitative estimate of drug-likeness (QED) is 0.364. The van der Waals surface area contributed by atoms with Crippen molar-refractivity contribution in [1.82, 2.24) is 15.2 Å². The van der Waals surface area contributed by atoms with Gasteiger partial charge < -0.3 is 24.7 Å². The lowest BCUT2D eigenvalue weighted by atomic mass is 9.90. The van der Waals surface area contributed by atoms with E-state index in [1.807, 2.05) is 24.3 Å². The molecule has 2 N–H and O–H groups in total. The first-order valence-electron chi connectivity index (χ1n) is 15.5. The molecule has 4 fully saturated rings. The molecule has 2 amide bonds. The molecule has 8 rings (SSSR count). The molecule has 5 aliphatic rings. The van der Waals surface area contributed by atoms with Gasteiger partial charge in [-0.05, 0) is 73.3 Å². The smallest absolute Gasteiger partial charge is 0.410 e. The number of carbonyl (C=O) groups is 2. The molecule has 5 atom stereocenters. The molecule has 3 saturated carbocycles. The van der Waals surface area contributed by atoms with Crippen LogP contribution in [-0.4, -0.2) is 53.2 Å². The van der Waals surface area contributed by atoms with E-state index >= 15 is 0 Å². The van der Waals surface area contributed by atoms with Crippen molar-refractivity contribution in [2.75, 3.05) is 13.6 Å². The van der Waals surface area contributed by atoms with Crippen LogP contribution >= 0.6 is 0 Å². The Balaban J connectivity index is 0.924. The van der Waals surface area contributed by atoms with E-state index in [9.17, 15) is 14.0 Å². The summed E-state index contributed by atoms with van der Waals surface area (Å²) in [7, 11) is 1.73. The first-order chi connectivity index (χ1) is 20.8. The third-order valence-corrected chi connectivity index (χ3v) is 10.2. The number of rotatable bonds is 4. The molecule has 2 spiro atoms. The summed E-state index contributed by atoms with van der Waals surface area (Å²) in [6.45, 7) is 0.863. The van der Waals surface area contributed by atoms with Crippen LogP contribution in [0.2, 0.25) is 0 Å². The molecule has 43 heavy (non-hydrogen) atoms. The van der Waals surface area contributed by atoms with Gasteiger partial charge in [-0.3, -0.25) is 4.79 Å². The number of fused-ring (bicyclic) bond motifs is 3. The predicted octanol–water partition coefficient (Wildman–Crippen LogP) is 5.96. The number of aromatic nitrogens is 1. The summed E-state index contributed by atoms with van der Waals surface area (Å²) in [6, 6.07) is 10.6. The van der Waals surface area contributed by atoms with Crippen LogP contribution in [0.15, 0.2) is 36.4 Å². The minimum atomic E-state index is -0.834. The van der Waals surface area contributed by atoms with Crippen LogP contribution in [0.25, 0.3) is 22.2 Å². The molecule has 2 aliphatic heterocycles. The summed E-state index contributed by atoms with van der Waals surface area (Å²) in [5.41, 5.74) is 4.71. The Hall–Kier alpha value is -3.47. The van der Waals surface area contributed by atoms with Gasteiger partial charge in [0.25, 0.3) is 5.91 Å². The van der Waals surface area contributed by atoms with Gasteiger partial charge in [-0.15, -0.1) is 0 Å². The number of carbonyl (C=O) groups excluding carboxylic acids is 2. The lowest BCUT2D eigenvalue weighted by Crippen LogP contribution is -2.45. The first kappa shape index (κ1) is 27.1. The predicted molar refractivity (Wildman–Crippen MR) is 154 cm³/mol. The number of ether oxygens (including phenoxy) is 2. The zero-order valence-corrected chi connectivity index (χ0v) is 24.2. The molecule has 1 aromatic heterocycles. The van der Waals surface area contributed by atoms with Crippen molar-refractivity contribution in [3.63, 3.8) is 0 Å². The largest absolute Gasteiger partial charge is 0.446 e. The molecule has 3 aliphatic carbocycles. The van der Waals surface area contributed by atoms with Gasteiger partial charge in [-0.2, -0.15) is 9.78 Å². The number of H-pyrrole nitrogens is 1. The van der Waals surface area contributed by atoms with Gasteiger partial charge in [0.1, 0.15) is 11.9 Å². The number of nitrogens with zero attached hydrogens (tertiary/aromatic N) is 1. The van der Waals surface area contributed by atoms with Crippen molar-refractivity contribution in [2.24, 2.45) is 11.8 Å². The van der Waals surface area contributed by atoms with Crippen molar-refractivity contribution < 1.29 is 33.2 Å². The minimum absolute atomic E-state index is 0.261. The fraction of sp³-hybridized carbons (Fsp3) is 0.515. The Kier molecular flexibility index (Phi) is 6.33. The number of benzene rings is 2. The van der Waals surface area contributed by atoms with Gasteiger partial charge in [0, 0.05) is 61.9 Å². The second-order valence-electron chi connectivity index (χ2n) is 13.1. The standard InChI is InChI=1S/C33H36FN3O6/c1-37(31(39)40-24-3-2-11-32(17-24)41-33(43-42-32)16-20-6-9-22(33)13-20)18-19-4-7-21(8-5-19)29-25-10-12-35-30(38)26-14-23(34)15-27(36-29)28(25)26/h4-5,7-8,14-15,20,22,24,36H,2-3,6,9-13,16-18H2,1H3,(H,35,38). The summed E-state index contributed by atoms with van der Waals surface area (Å²) in [4.78, 5) is 42.3. The SMILES string of the molecule is CN(Cc1ccc(-c2[nH]c3cc(F)cc4c3c2CCNC4=O)cc1)C(=O)OC1CCCC2(C1)OOC1(CC3CCC1C3)O2. The highest BCUT2D eigenvalue weighted by Crippen LogP contribution is 2.59. The molecule has 9 nitrogen and oxygen atoms in total. The van der Waals surface area contributed by atoms with Gasteiger partial charge in [-0.25, -0.2) is 9.18 Å². The van der Waals surface area contributed by atoms with Crippen molar-refractivity contribution in [2.45, 2.75) is 82.0 Å². The van der Waals surface area contributed by atoms with Crippen LogP contribution in [-0.2, 0) is 32.2 Å². The zero-order chi connectivity index (χ0) is 29.3. The number of aromatic amines is 1. The third-order valence-electron chi connectivity index (χ3n) is 10.2. The molecular weight excluding hydrogens is 553 g/mol. The van der Waals surface area contributed by atoms with E-state index in [4.69, 9.17) is 19.2 Å². The molecule has 5 unspecified atom stereocenters. The average Bonchev–Trinajstić information content (AvgIpc) is 3.74. The van der Waals surface area contributed by atoms with Crippen molar-refractivity contribution in [3.8, 4) is 11.3 Å². The van der Waals surface area contributed by atoms with Crippen LogP contribution in [0.5, 0.6) is 0 Å². The van der Waals surface area contributed by atoms with Gasteiger partial charge in [0.05, 0.1) is 5.56 Å². The molecule has 0 radical (unpaired) electrons. The van der Waals surface area contributed by atoms with Crippen LogP contribution in [0.4, 0.5) is 9.18 Å². The monoisotopic (exact) mass is 589 g/mol. The van der Waals surface area contributed by atoms with Gasteiger partial charge in [0.2, 0.25) is 11.6 Å². The first-order valence-corrected chi connectivity index (χ1v) is 15.5. The average molecular weight is 590 g/mol. The molecule has 226 valence electrons. The maximum atomic E-state index is 14.3. The van der Waals surface area contributed by atoms with Gasteiger partial charge in [0.15, 0.2) is 0 Å². The fourth-order valence-corrected chi connectivity index (χ4v) is 8.16. The van der Waals surface area contributed by atoms with Crippen LogP contribution in [0.1, 0.15) is 72.9 Å². The molecule has 10 heteroatoms. The summed E-state index contributed by atoms with van der Waals surface area (Å²) < 4.78 is 26.7. The normalized spacial score (nSPS) is 31.1. The Morgan fingerprint density at radius 1 is 1.14 bits per heavy atom. The Morgan fingerprint density at radius 2 is 2.00 bits per heavy atom. The second-order valence-corrected chi connectivity index (χ2v) is 13.1. The molecule has 2 aromatic carbocycles. The van der Waals surface area contributed by atoms with Crippen LogP contribution in [0, 0.1) is 17.7 Å². The summed E-state index contributed by atoms with van der Waals surface area (Å²) in [5, 5.41) is 3.63. The maximum Gasteiger partial charge on any atom is 0.410 e. The summed E-state index contributed by atoms with van der Waals surface area (Å²) in [5.74, 6) is -1.11. The van der Waals surface area contributed by atoms with Crippen molar-refractivity contribution in [1.29, 1.82) is 0 Å². The lowest BCUT2D eigenvalue weighted by molar-refractivity contribution is -0.363. The highest BCUT2D eigenvalue weighted by atomic mass is 19.1. The van der Waals surface area contributed by atoms with E-state index in [1.165, 1.54) is 18.6 Å². The van der Waals surface area contributed by atoms with E-state index in [0.29, 0.717) is 48.8 Å². The van der Waals surface area contributed by atoms with Gasteiger partial charge >= 0.3 is 6.09 Å². The molecule has 1 saturated heterocycles. The maximum absolute atomic E-state index is 14.3. The van der Waals surface area contributed by atoms with E-state index in [-0.39, 0.29) is 18.1 Å².